The zero-order valence-electron chi connectivity index (χ0n) is 14.8. The Morgan fingerprint density at radius 2 is 1.71 bits per heavy atom. The van der Waals surface area contributed by atoms with Crippen molar-refractivity contribution in [3.05, 3.63) is 70.8 Å². The molecule has 0 spiro atoms. The van der Waals surface area contributed by atoms with Crippen LogP contribution < -0.4 is 16.4 Å². The molecule has 148 valence electrons. The molecular weight excluding hydrogens is 375 g/mol. The molecule has 0 aliphatic carbocycles. The molecule has 0 aliphatic rings. The highest BCUT2D eigenvalue weighted by Crippen LogP contribution is 2.19. The number of hydrogen-bond donors (Lipinski definition) is 3. The van der Waals surface area contributed by atoms with E-state index in [1.807, 2.05) is 0 Å². The lowest BCUT2D eigenvalue weighted by atomic mass is 10.0. The first-order chi connectivity index (χ1) is 13.1. The first-order valence-electron chi connectivity index (χ1n) is 8.19. The summed E-state index contributed by atoms with van der Waals surface area (Å²) in [7, 11) is 0. The molecule has 2 rings (SSSR count). The number of alkyl halides is 3. The van der Waals surface area contributed by atoms with Gasteiger partial charge in [-0.2, -0.15) is 13.2 Å². The van der Waals surface area contributed by atoms with Gasteiger partial charge in [-0.15, -0.1) is 0 Å². The zero-order chi connectivity index (χ0) is 20.9. The lowest BCUT2D eigenvalue weighted by Gasteiger charge is -2.20. The molecule has 6 nitrogen and oxygen atoms in total. The maximum Gasteiger partial charge on any atom is 0.471 e. The number of amides is 3. The van der Waals surface area contributed by atoms with Crippen LogP contribution in [0.25, 0.3) is 0 Å². The summed E-state index contributed by atoms with van der Waals surface area (Å²) < 4.78 is 37.8. The van der Waals surface area contributed by atoms with Crippen molar-refractivity contribution >= 4 is 17.7 Å². The van der Waals surface area contributed by atoms with Crippen LogP contribution in [-0.4, -0.2) is 23.9 Å². The van der Waals surface area contributed by atoms with Crippen LogP contribution in [0.15, 0.2) is 48.5 Å². The van der Waals surface area contributed by atoms with Gasteiger partial charge >= 0.3 is 12.1 Å². The molecule has 3 amide bonds. The van der Waals surface area contributed by atoms with E-state index >= 15 is 0 Å². The molecule has 9 heteroatoms. The summed E-state index contributed by atoms with van der Waals surface area (Å²) in [5.41, 5.74) is 6.98. The predicted molar refractivity (Wildman–Crippen MR) is 94.9 cm³/mol. The van der Waals surface area contributed by atoms with Gasteiger partial charge in [-0.05, 0) is 29.7 Å². The smallest absolute Gasteiger partial charge is 0.366 e. The number of benzene rings is 2. The molecule has 2 aromatic rings. The number of aryl methyl sites for hydroxylation is 1. The maximum absolute atomic E-state index is 12.6. The van der Waals surface area contributed by atoms with E-state index in [-0.39, 0.29) is 12.1 Å². The topological polar surface area (TPSA) is 101 Å². The van der Waals surface area contributed by atoms with E-state index in [1.54, 1.807) is 42.6 Å². The van der Waals surface area contributed by atoms with Gasteiger partial charge in [0.2, 0.25) is 11.8 Å². The van der Waals surface area contributed by atoms with E-state index in [0.29, 0.717) is 16.7 Å². The Morgan fingerprint density at radius 1 is 1.07 bits per heavy atom. The molecule has 28 heavy (non-hydrogen) atoms. The summed E-state index contributed by atoms with van der Waals surface area (Å²) in [6.07, 6.45) is -5.12. The SMILES string of the molecule is Cc1cc(CNC(=O)C(NC(=O)C(F)(F)F)c2ccccc2)ccc1C(N)=O. The van der Waals surface area contributed by atoms with Crippen molar-refractivity contribution in [3.63, 3.8) is 0 Å². The molecule has 0 fully saturated rings. The molecule has 0 saturated carbocycles. The molecule has 1 unspecified atom stereocenters. The van der Waals surface area contributed by atoms with E-state index in [1.165, 1.54) is 18.2 Å². The first kappa shape index (κ1) is 20.9. The van der Waals surface area contributed by atoms with E-state index in [0.717, 1.165) is 0 Å². The third-order valence-electron chi connectivity index (χ3n) is 3.95. The van der Waals surface area contributed by atoms with Gasteiger partial charge in [0.25, 0.3) is 0 Å². The number of nitrogens with one attached hydrogen (secondary N) is 2. The van der Waals surface area contributed by atoms with Crippen molar-refractivity contribution in [2.75, 3.05) is 0 Å². The number of nitrogens with two attached hydrogens (primary N) is 1. The van der Waals surface area contributed by atoms with E-state index in [2.05, 4.69) is 5.32 Å². The summed E-state index contributed by atoms with van der Waals surface area (Å²) in [6.45, 7) is 1.66. The normalized spacial score (nSPS) is 12.1. The summed E-state index contributed by atoms with van der Waals surface area (Å²) in [4.78, 5) is 35.0. The van der Waals surface area contributed by atoms with Gasteiger partial charge in [0.1, 0.15) is 6.04 Å². The molecule has 0 heterocycles. The van der Waals surface area contributed by atoms with Gasteiger partial charge < -0.3 is 16.4 Å². The molecule has 0 bridgehead atoms. The highest BCUT2D eigenvalue weighted by Gasteiger charge is 2.41. The fourth-order valence-electron chi connectivity index (χ4n) is 2.56. The number of rotatable bonds is 6. The van der Waals surface area contributed by atoms with Crippen LogP contribution in [-0.2, 0) is 16.1 Å². The zero-order valence-corrected chi connectivity index (χ0v) is 14.8. The molecule has 0 radical (unpaired) electrons. The second kappa shape index (κ2) is 8.55. The van der Waals surface area contributed by atoms with E-state index < -0.39 is 29.9 Å². The second-order valence-electron chi connectivity index (χ2n) is 6.05. The third-order valence-corrected chi connectivity index (χ3v) is 3.95. The van der Waals surface area contributed by atoms with Crippen LogP contribution in [0.1, 0.15) is 33.1 Å². The second-order valence-corrected chi connectivity index (χ2v) is 6.05. The standard InChI is InChI=1S/C19H18F3N3O3/c1-11-9-12(7-8-14(11)16(23)26)10-24-17(27)15(13-5-3-2-4-6-13)25-18(28)19(20,21)22/h2-9,15H,10H2,1H3,(H2,23,26)(H,24,27)(H,25,28). The van der Waals surface area contributed by atoms with Crippen LogP contribution in [0.3, 0.4) is 0 Å². The van der Waals surface area contributed by atoms with Crippen molar-refractivity contribution in [1.82, 2.24) is 10.6 Å². The molecule has 4 N–H and O–H groups in total. The fraction of sp³-hybridized carbons (Fsp3) is 0.211. The van der Waals surface area contributed by atoms with Crippen LogP contribution >= 0.6 is 0 Å². The third kappa shape index (κ3) is 5.32. The van der Waals surface area contributed by atoms with Gasteiger partial charge in [-0.3, -0.25) is 14.4 Å². The average molecular weight is 393 g/mol. The van der Waals surface area contributed by atoms with Gasteiger partial charge in [0.15, 0.2) is 0 Å². The molecule has 0 aromatic heterocycles. The Kier molecular flexibility index (Phi) is 6.40. The Balaban J connectivity index is 2.15. The first-order valence-corrected chi connectivity index (χ1v) is 8.19. The minimum absolute atomic E-state index is 0.00998. The maximum atomic E-state index is 12.6. The van der Waals surface area contributed by atoms with Crippen LogP contribution in [0, 0.1) is 6.92 Å². The lowest BCUT2D eigenvalue weighted by Crippen LogP contribution is -2.45. The summed E-state index contributed by atoms with van der Waals surface area (Å²) >= 11 is 0. The van der Waals surface area contributed by atoms with Crippen LogP contribution in [0.4, 0.5) is 13.2 Å². The minimum Gasteiger partial charge on any atom is -0.366 e. The highest BCUT2D eigenvalue weighted by atomic mass is 19.4. The number of hydrogen-bond acceptors (Lipinski definition) is 3. The Bertz CT molecular complexity index is 883. The van der Waals surface area contributed by atoms with Crippen molar-refractivity contribution in [2.24, 2.45) is 5.73 Å². The van der Waals surface area contributed by atoms with E-state index in [9.17, 15) is 27.6 Å². The van der Waals surface area contributed by atoms with E-state index in [4.69, 9.17) is 5.73 Å². The fourth-order valence-corrected chi connectivity index (χ4v) is 2.56. The van der Waals surface area contributed by atoms with Gasteiger partial charge in [-0.25, -0.2) is 0 Å². The average Bonchev–Trinajstić information content (AvgIpc) is 2.63. The Morgan fingerprint density at radius 3 is 2.25 bits per heavy atom. The van der Waals surface area contributed by atoms with Gasteiger partial charge in [0.05, 0.1) is 0 Å². The van der Waals surface area contributed by atoms with Crippen LogP contribution in [0.2, 0.25) is 0 Å². The number of halogens is 3. The molecule has 0 aliphatic heterocycles. The quantitative estimate of drug-likeness (QED) is 0.701. The number of carbonyl (C=O) groups is 3. The van der Waals surface area contributed by atoms with Crippen molar-refractivity contribution < 1.29 is 27.6 Å². The van der Waals surface area contributed by atoms with Crippen molar-refractivity contribution in [1.29, 1.82) is 0 Å². The Labute approximate surface area is 158 Å². The van der Waals surface area contributed by atoms with Crippen molar-refractivity contribution in [2.45, 2.75) is 25.7 Å². The van der Waals surface area contributed by atoms with Crippen LogP contribution in [0.5, 0.6) is 0 Å². The van der Waals surface area contributed by atoms with Gasteiger partial charge in [-0.1, -0.05) is 42.5 Å². The monoisotopic (exact) mass is 393 g/mol. The molecule has 0 saturated heterocycles. The summed E-state index contributed by atoms with van der Waals surface area (Å²) in [6, 6.07) is 10.8. The summed E-state index contributed by atoms with van der Waals surface area (Å²) in [5.74, 6) is -3.61. The largest absolute Gasteiger partial charge is 0.471 e. The van der Waals surface area contributed by atoms with Gasteiger partial charge in [0, 0.05) is 12.1 Å². The number of primary amides is 1. The highest BCUT2D eigenvalue weighted by molar-refractivity contribution is 5.94. The Hall–Kier alpha value is -3.36. The lowest BCUT2D eigenvalue weighted by molar-refractivity contribution is -0.174. The minimum atomic E-state index is -5.12. The molecular formula is C19H18F3N3O3. The number of carbonyl (C=O) groups excluding carboxylic acids is 3. The van der Waals surface area contributed by atoms with Crippen molar-refractivity contribution in [3.8, 4) is 0 Å². The molecule has 1 atom stereocenters. The predicted octanol–water partition coefficient (Wildman–Crippen LogP) is 2.13. The molecule has 2 aromatic carbocycles. The summed E-state index contributed by atoms with van der Waals surface area (Å²) in [5, 5.41) is 4.20.